The summed E-state index contributed by atoms with van der Waals surface area (Å²) in [5.41, 5.74) is 8.78. The fourth-order valence-electron chi connectivity index (χ4n) is 2.25. The van der Waals surface area contributed by atoms with E-state index in [0.717, 1.165) is 35.8 Å². The summed E-state index contributed by atoms with van der Waals surface area (Å²) in [6.07, 6.45) is 2.79. The smallest absolute Gasteiger partial charge is 0.126 e. The lowest BCUT2D eigenvalue weighted by atomic mass is 10.1. The van der Waals surface area contributed by atoms with Gasteiger partial charge in [-0.05, 0) is 30.2 Å². The van der Waals surface area contributed by atoms with Crippen molar-refractivity contribution >= 4 is 11.5 Å². The molecule has 98 valence electrons. The Morgan fingerprint density at radius 3 is 3.05 bits per heavy atom. The number of aryl methyl sites for hydroxylation is 1. The molecule has 19 heavy (non-hydrogen) atoms. The lowest BCUT2D eigenvalue weighted by Crippen LogP contribution is -2.24. The molecule has 0 amide bonds. The number of para-hydroxylation sites is 1. The number of fused-ring (bicyclic) bond motifs is 1. The normalized spacial score (nSPS) is 16.8. The monoisotopic (exact) mass is 255 g/mol. The first-order chi connectivity index (χ1) is 9.22. The third-order valence-electron chi connectivity index (χ3n) is 3.38. The average Bonchev–Trinajstić information content (AvgIpc) is 2.83. The second-order valence-corrected chi connectivity index (χ2v) is 4.86. The van der Waals surface area contributed by atoms with Gasteiger partial charge in [0.25, 0.3) is 0 Å². The number of nitrogens with two attached hydrogens (primary N) is 1. The number of aromatic nitrogens is 1. The van der Waals surface area contributed by atoms with Gasteiger partial charge in [0.2, 0.25) is 0 Å². The van der Waals surface area contributed by atoms with Gasteiger partial charge in [-0.15, -0.1) is 0 Å². The number of benzene rings is 1. The molecule has 0 saturated heterocycles. The molecule has 1 aromatic heterocycles. The molecule has 0 radical (unpaired) electrons. The Morgan fingerprint density at radius 1 is 1.42 bits per heavy atom. The highest BCUT2D eigenvalue weighted by Gasteiger charge is 2.21. The van der Waals surface area contributed by atoms with Gasteiger partial charge in [0.15, 0.2) is 0 Å². The van der Waals surface area contributed by atoms with Crippen molar-refractivity contribution in [2.45, 2.75) is 19.4 Å². The molecule has 1 aliphatic rings. The zero-order chi connectivity index (χ0) is 13.2. The third-order valence-corrected chi connectivity index (χ3v) is 3.38. The SMILES string of the molecule is Cc1cc(NCC2Cc3ccccc3O2)ncc1N. The van der Waals surface area contributed by atoms with E-state index in [0.29, 0.717) is 0 Å². The summed E-state index contributed by atoms with van der Waals surface area (Å²) < 4.78 is 5.87. The van der Waals surface area contributed by atoms with E-state index in [9.17, 15) is 0 Å². The number of nitrogens with zero attached hydrogens (tertiary/aromatic N) is 1. The van der Waals surface area contributed by atoms with Gasteiger partial charge in [0.05, 0.1) is 18.4 Å². The maximum Gasteiger partial charge on any atom is 0.126 e. The molecule has 1 unspecified atom stereocenters. The molecule has 1 atom stereocenters. The van der Waals surface area contributed by atoms with Gasteiger partial charge in [-0.1, -0.05) is 18.2 Å². The van der Waals surface area contributed by atoms with E-state index < -0.39 is 0 Å². The van der Waals surface area contributed by atoms with Crippen molar-refractivity contribution in [2.24, 2.45) is 0 Å². The Hall–Kier alpha value is -2.23. The Morgan fingerprint density at radius 2 is 2.26 bits per heavy atom. The van der Waals surface area contributed by atoms with Crippen LogP contribution < -0.4 is 15.8 Å². The van der Waals surface area contributed by atoms with E-state index in [1.165, 1.54) is 5.56 Å². The van der Waals surface area contributed by atoms with E-state index in [4.69, 9.17) is 10.5 Å². The van der Waals surface area contributed by atoms with Crippen molar-refractivity contribution in [3.63, 3.8) is 0 Å². The van der Waals surface area contributed by atoms with Gasteiger partial charge in [-0.25, -0.2) is 4.98 Å². The summed E-state index contributed by atoms with van der Waals surface area (Å²) in [6.45, 7) is 2.72. The van der Waals surface area contributed by atoms with Crippen LogP contribution in [0.25, 0.3) is 0 Å². The molecule has 0 aliphatic carbocycles. The van der Waals surface area contributed by atoms with Gasteiger partial charge in [0.1, 0.15) is 17.7 Å². The van der Waals surface area contributed by atoms with Crippen LogP contribution >= 0.6 is 0 Å². The number of pyridine rings is 1. The lowest BCUT2D eigenvalue weighted by Gasteiger charge is -2.13. The highest BCUT2D eigenvalue weighted by molar-refractivity contribution is 5.51. The third kappa shape index (κ3) is 2.47. The number of anilines is 2. The minimum Gasteiger partial charge on any atom is -0.488 e. The molecule has 4 heteroatoms. The van der Waals surface area contributed by atoms with Crippen molar-refractivity contribution in [1.29, 1.82) is 0 Å². The number of hydrogen-bond acceptors (Lipinski definition) is 4. The molecule has 0 fully saturated rings. The number of ether oxygens (including phenoxy) is 1. The maximum absolute atomic E-state index is 5.87. The summed E-state index contributed by atoms with van der Waals surface area (Å²) in [7, 11) is 0. The van der Waals surface area contributed by atoms with Gasteiger partial charge in [-0.3, -0.25) is 0 Å². The molecule has 4 nitrogen and oxygen atoms in total. The van der Waals surface area contributed by atoms with Crippen LogP contribution in [0.2, 0.25) is 0 Å². The molecular formula is C15H17N3O. The molecular weight excluding hydrogens is 238 g/mol. The summed E-state index contributed by atoms with van der Waals surface area (Å²) in [4.78, 5) is 4.26. The molecule has 3 N–H and O–H groups in total. The molecule has 0 spiro atoms. The molecule has 0 saturated carbocycles. The van der Waals surface area contributed by atoms with Crippen LogP contribution in [-0.2, 0) is 6.42 Å². The topological polar surface area (TPSA) is 60.2 Å². The summed E-state index contributed by atoms with van der Waals surface area (Å²) >= 11 is 0. The fraction of sp³-hybridized carbons (Fsp3) is 0.267. The van der Waals surface area contributed by atoms with Gasteiger partial charge >= 0.3 is 0 Å². The predicted molar refractivity (Wildman–Crippen MR) is 76.4 cm³/mol. The average molecular weight is 255 g/mol. The standard InChI is InChI=1S/C15H17N3O/c1-10-6-15(18-9-13(10)16)17-8-12-7-11-4-2-3-5-14(11)19-12/h2-6,9,12H,7-8,16H2,1H3,(H,17,18). The second-order valence-electron chi connectivity index (χ2n) is 4.86. The van der Waals surface area contributed by atoms with Crippen LogP contribution in [0.1, 0.15) is 11.1 Å². The van der Waals surface area contributed by atoms with E-state index in [-0.39, 0.29) is 6.10 Å². The summed E-state index contributed by atoms with van der Waals surface area (Å²) in [5.74, 6) is 1.84. The molecule has 3 rings (SSSR count). The lowest BCUT2D eigenvalue weighted by molar-refractivity contribution is 0.246. The highest BCUT2D eigenvalue weighted by atomic mass is 16.5. The van der Waals surface area contributed by atoms with Crippen molar-refractivity contribution < 1.29 is 4.74 Å². The predicted octanol–water partition coefficient (Wildman–Crippen LogP) is 2.39. The van der Waals surface area contributed by atoms with E-state index in [1.807, 2.05) is 31.2 Å². The zero-order valence-corrected chi connectivity index (χ0v) is 10.9. The van der Waals surface area contributed by atoms with Crippen molar-refractivity contribution in [3.8, 4) is 5.75 Å². The van der Waals surface area contributed by atoms with Crippen LogP contribution in [0.5, 0.6) is 5.75 Å². The fourth-order valence-corrected chi connectivity index (χ4v) is 2.25. The van der Waals surface area contributed by atoms with Crippen molar-refractivity contribution in [3.05, 3.63) is 47.7 Å². The molecule has 2 heterocycles. The number of nitrogen functional groups attached to an aromatic ring is 1. The van der Waals surface area contributed by atoms with Gasteiger partial charge < -0.3 is 15.8 Å². The Balaban J connectivity index is 1.61. The zero-order valence-electron chi connectivity index (χ0n) is 10.9. The summed E-state index contributed by atoms with van der Waals surface area (Å²) in [6, 6.07) is 10.1. The molecule has 2 aromatic rings. The first kappa shape index (κ1) is 11.8. The van der Waals surface area contributed by atoms with Gasteiger partial charge in [0, 0.05) is 6.42 Å². The number of rotatable bonds is 3. The van der Waals surface area contributed by atoms with E-state index in [2.05, 4.69) is 16.4 Å². The van der Waals surface area contributed by atoms with Gasteiger partial charge in [-0.2, -0.15) is 0 Å². The van der Waals surface area contributed by atoms with E-state index >= 15 is 0 Å². The van der Waals surface area contributed by atoms with Crippen molar-refractivity contribution in [2.75, 3.05) is 17.6 Å². The summed E-state index contributed by atoms with van der Waals surface area (Å²) in [5, 5.41) is 3.30. The maximum atomic E-state index is 5.87. The first-order valence-electron chi connectivity index (χ1n) is 6.43. The van der Waals surface area contributed by atoms with Crippen molar-refractivity contribution in [1.82, 2.24) is 4.98 Å². The van der Waals surface area contributed by atoms with Crippen LogP contribution in [0.15, 0.2) is 36.5 Å². The minimum atomic E-state index is 0.164. The van der Waals surface area contributed by atoms with E-state index in [1.54, 1.807) is 6.20 Å². The van der Waals surface area contributed by atoms with Crippen LogP contribution in [-0.4, -0.2) is 17.6 Å². The Labute approximate surface area is 112 Å². The Kier molecular flexibility index (Phi) is 2.99. The molecule has 1 aliphatic heterocycles. The highest BCUT2D eigenvalue weighted by Crippen LogP contribution is 2.28. The second kappa shape index (κ2) is 4.80. The van der Waals surface area contributed by atoms with Crippen LogP contribution in [0.3, 0.4) is 0 Å². The number of hydrogen-bond donors (Lipinski definition) is 2. The largest absolute Gasteiger partial charge is 0.488 e. The Bertz CT molecular complexity index is 573. The first-order valence-corrected chi connectivity index (χ1v) is 6.43. The molecule has 1 aromatic carbocycles. The number of nitrogens with one attached hydrogen (secondary N) is 1. The molecule has 0 bridgehead atoms. The minimum absolute atomic E-state index is 0.164. The quantitative estimate of drug-likeness (QED) is 0.884. The van der Waals surface area contributed by atoms with Crippen LogP contribution in [0, 0.1) is 6.92 Å². The van der Waals surface area contributed by atoms with Crippen LogP contribution in [0.4, 0.5) is 11.5 Å².